The molecule has 1 heterocycles. The van der Waals surface area contributed by atoms with Crippen LogP contribution in [-0.2, 0) is 4.79 Å². The number of fused-ring (bicyclic) bond motifs is 2. The molecule has 2 fully saturated rings. The predicted molar refractivity (Wildman–Crippen MR) is 48.3 cm³/mol. The summed E-state index contributed by atoms with van der Waals surface area (Å²) in [5.74, 6) is -0.0752. The molecule has 1 aliphatic heterocycles. The van der Waals surface area contributed by atoms with Crippen molar-refractivity contribution in [3.63, 3.8) is 0 Å². The van der Waals surface area contributed by atoms with Gasteiger partial charge in [-0.25, -0.2) is 0 Å². The molecule has 2 bridgehead atoms. The molecule has 0 amide bonds. The molecule has 0 aromatic carbocycles. The van der Waals surface area contributed by atoms with Gasteiger partial charge in [-0.2, -0.15) is 0 Å². The molecule has 4 heteroatoms. The molecule has 1 saturated carbocycles. The molecule has 4 nitrogen and oxygen atoms in total. The molecule has 0 aromatic rings. The van der Waals surface area contributed by atoms with Crippen molar-refractivity contribution in [2.75, 3.05) is 13.1 Å². The average molecular weight is 184 g/mol. The van der Waals surface area contributed by atoms with Crippen LogP contribution in [0.25, 0.3) is 0 Å². The number of aliphatic carboxylic acids is 1. The van der Waals surface area contributed by atoms with Crippen LogP contribution in [0.3, 0.4) is 0 Å². The first-order valence-corrected chi connectivity index (χ1v) is 4.89. The lowest BCUT2D eigenvalue weighted by atomic mass is 10.1. The van der Waals surface area contributed by atoms with E-state index >= 15 is 0 Å². The molecule has 1 saturated heterocycles. The van der Waals surface area contributed by atoms with Crippen LogP contribution < -0.4 is 5.73 Å². The standard InChI is InChI=1S/C9H16N2O2/c10-8(9(12)13)5-11-4-6-1-2-7(11)3-6/h6-8H,1-5,10H2,(H,12,13). The number of hydrogen-bond donors (Lipinski definition) is 2. The molecule has 1 aliphatic carbocycles. The highest BCUT2D eigenvalue weighted by atomic mass is 16.4. The number of nitrogens with two attached hydrogens (primary N) is 1. The highest BCUT2D eigenvalue weighted by Crippen LogP contribution is 2.37. The summed E-state index contributed by atoms with van der Waals surface area (Å²) >= 11 is 0. The maximum absolute atomic E-state index is 10.5. The molecule has 0 spiro atoms. The Morgan fingerprint density at radius 2 is 2.38 bits per heavy atom. The van der Waals surface area contributed by atoms with Crippen LogP contribution in [0.2, 0.25) is 0 Å². The summed E-state index contributed by atoms with van der Waals surface area (Å²) in [5.41, 5.74) is 5.49. The predicted octanol–water partition coefficient (Wildman–Crippen LogP) is -0.117. The Kier molecular flexibility index (Phi) is 2.26. The van der Waals surface area contributed by atoms with Gasteiger partial charge < -0.3 is 10.8 Å². The second-order valence-electron chi connectivity index (χ2n) is 4.23. The molecular weight excluding hydrogens is 168 g/mol. The average Bonchev–Trinajstić information content (AvgIpc) is 2.64. The van der Waals surface area contributed by atoms with Crippen LogP contribution in [0.1, 0.15) is 19.3 Å². The van der Waals surface area contributed by atoms with Gasteiger partial charge in [0, 0.05) is 19.1 Å². The van der Waals surface area contributed by atoms with E-state index in [9.17, 15) is 4.79 Å². The molecule has 0 radical (unpaired) electrons. The Labute approximate surface area is 77.7 Å². The van der Waals surface area contributed by atoms with Crippen LogP contribution in [0, 0.1) is 5.92 Å². The zero-order chi connectivity index (χ0) is 9.42. The maximum Gasteiger partial charge on any atom is 0.321 e. The number of nitrogens with zero attached hydrogens (tertiary/aromatic N) is 1. The smallest absolute Gasteiger partial charge is 0.321 e. The first kappa shape index (κ1) is 8.97. The minimum absolute atomic E-state index is 0.524. The van der Waals surface area contributed by atoms with Gasteiger partial charge in [-0.1, -0.05) is 0 Å². The van der Waals surface area contributed by atoms with Crippen molar-refractivity contribution in [1.82, 2.24) is 4.90 Å². The lowest BCUT2D eigenvalue weighted by Gasteiger charge is -2.27. The summed E-state index contributed by atoms with van der Waals surface area (Å²) in [6, 6.07) is -0.0882. The molecule has 3 N–H and O–H groups in total. The number of carboxylic acid groups (broad SMARTS) is 1. The van der Waals surface area contributed by atoms with Gasteiger partial charge in [0.1, 0.15) is 6.04 Å². The van der Waals surface area contributed by atoms with E-state index in [1.54, 1.807) is 0 Å². The quantitative estimate of drug-likeness (QED) is 0.642. The van der Waals surface area contributed by atoms with Crippen molar-refractivity contribution in [2.45, 2.75) is 31.3 Å². The zero-order valence-corrected chi connectivity index (χ0v) is 7.65. The number of carboxylic acids is 1. The third kappa shape index (κ3) is 1.69. The number of rotatable bonds is 3. The van der Waals surface area contributed by atoms with Crippen LogP contribution in [0.4, 0.5) is 0 Å². The van der Waals surface area contributed by atoms with Gasteiger partial charge in [-0.05, 0) is 25.2 Å². The zero-order valence-electron chi connectivity index (χ0n) is 7.65. The van der Waals surface area contributed by atoms with Gasteiger partial charge in [0.2, 0.25) is 0 Å². The summed E-state index contributed by atoms with van der Waals surface area (Å²) in [7, 11) is 0. The van der Waals surface area contributed by atoms with Gasteiger partial charge in [0.15, 0.2) is 0 Å². The Balaban J connectivity index is 1.86. The highest BCUT2D eigenvalue weighted by Gasteiger charge is 2.38. The van der Waals surface area contributed by atoms with Crippen molar-refractivity contribution in [3.05, 3.63) is 0 Å². The SMILES string of the molecule is NC(CN1CC2CCC1C2)C(=O)O. The van der Waals surface area contributed by atoms with Crippen molar-refractivity contribution in [1.29, 1.82) is 0 Å². The monoisotopic (exact) mass is 184 g/mol. The Bertz CT molecular complexity index is 220. The first-order chi connectivity index (χ1) is 6.16. The summed E-state index contributed by atoms with van der Waals surface area (Å²) in [5, 5.41) is 8.66. The molecular formula is C9H16N2O2. The largest absolute Gasteiger partial charge is 0.480 e. The molecule has 3 atom stereocenters. The van der Waals surface area contributed by atoms with E-state index in [2.05, 4.69) is 4.90 Å². The van der Waals surface area contributed by atoms with E-state index in [1.165, 1.54) is 19.3 Å². The van der Waals surface area contributed by atoms with E-state index in [0.717, 1.165) is 12.5 Å². The molecule has 13 heavy (non-hydrogen) atoms. The second kappa shape index (κ2) is 3.27. The lowest BCUT2D eigenvalue weighted by molar-refractivity contribution is -0.139. The fourth-order valence-corrected chi connectivity index (χ4v) is 2.58. The molecule has 0 aromatic heterocycles. The number of carbonyl (C=O) groups is 1. The van der Waals surface area contributed by atoms with E-state index in [1.807, 2.05) is 0 Å². The lowest BCUT2D eigenvalue weighted by Crippen LogP contribution is -2.45. The van der Waals surface area contributed by atoms with Gasteiger partial charge in [0.05, 0.1) is 0 Å². The highest BCUT2D eigenvalue weighted by molar-refractivity contribution is 5.73. The van der Waals surface area contributed by atoms with Crippen LogP contribution in [0.5, 0.6) is 0 Å². The van der Waals surface area contributed by atoms with Gasteiger partial charge in [-0.3, -0.25) is 9.69 Å². The Morgan fingerprint density at radius 1 is 1.62 bits per heavy atom. The normalized spacial score (nSPS) is 35.2. The summed E-state index contributed by atoms with van der Waals surface area (Å²) in [4.78, 5) is 12.8. The minimum atomic E-state index is -0.886. The minimum Gasteiger partial charge on any atom is -0.480 e. The van der Waals surface area contributed by atoms with Crippen molar-refractivity contribution in [3.8, 4) is 0 Å². The van der Waals surface area contributed by atoms with E-state index in [-0.39, 0.29) is 0 Å². The van der Waals surface area contributed by atoms with Crippen molar-refractivity contribution in [2.24, 2.45) is 11.7 Å². The van der Waals surface area contributed by atoms with Gasteiger partial charge >= 0.3 is 5.97 Å². The summed E-state index contributed by atoms with van der Waals surface area (Å²) < 4.78 is 0. The fourth-order valence-electron chi connectivity index (χ4n) is 2.58. The maximum atomic E-state index is 10.5. The van der Waals surface area contributed by atoms with Crippen LogP contribution in [0.15, 0.2) is 0 Å². The third-order valence-electron chi connectivity index (χ3n) is 3.27. The summed E-state index contributed by atoms with van der Waals surface area (Å²) in [6.45, 7) is 1.59. The van der Waals surface area contributed by atoms with Gasteiger partial charge in [0.25, 0.3) is 0 Å². The molecule has 2 aliphatic rings. The molecule has 3 unspecified atom stereocenters. The number of hydrogen-bond acceptors (Lipinski definition) is 3. The Hall–Kier alpha value is -0.610. The molecule has 74 valence electrons. The van der Waals surface area contributed by atoms with Crippen molar-refractivity contribution < 1.29 is 9.90 Å². The van der Waals surface area contributed by atoms with Crippen LogP contribution in [-0.4, -0.2) is 41.1 Å². The van der Waals surface area contributed by atoms with Crippen LogP contribution >= 0.6 is 0 Å². The second-order valence-corrected chi connectivity index (χ2v) is 4.23. The van der Waals surface area contributed by atoms with Gasteiger partial charge in [-0.15, -0.1) is 0 Å². The summed E-state index contributed by atoms with van der Waals surface area (Å²) in [6.07, 6.45) is 3.81. The van der Waals surface area contributed by atoms with Crippen molar-refractivity contribution >= 4 is 5.97 Å². The Morgan fingerprint density at radius 3 is 2.85 bits per heavy atom. The third-order valence-corrected chi connectivity index (χ3v) is 3.27. The van der Waals surface area contributed by atoms with E-state index in [4.69, 9.17) is 10.8 Å². The number of piperidine rings is 1. The van der Waals surface area contributed by atoms with E-state index < -0.39 is 12.0 Å². The van der Waals surface area contributed by atoms with E-state index in [0.29, 0.717) is 12.6 Å². The first-order valence-electron chi connectivity index (χ1n) is 4.89. The topological polar surface area (TPSA) is 66.6 Å². The number of likely N-dealkylation sites (tertiary alicyclic amines) is 1. The molecule has 2 rings (SSSR count). The fraction of sp³-hybridized carbons (Fsp3) is 0.889.